The molecule has 2 nitrogen and oxygen atoms in total. The zero-order valence-corrected chi connectivity index (χ0v) is 12.6. The highest BCUT2D eigenvalue weighted by molar-refractivity contribution is 9.11. The summed E-state index contributed by atoms with van der Waals surface area (Å²) in [5.41, 5.74) is 2.18. The van der Waals surface area contributed by atoms with Crippen LogP contribution in [0.5, 0.6) is 5.75 Å². The predicted molar refractivity (Wildman–Crippen MR) is 76.3 cm³/mol. The Morgan fingerprint density at radius 1 is 1.38 bits per heavy atom. The molecule has 1 rings (SSSR count). The Morgan fingerprint density at radius 3 is 2.62 bits per heavy atom. The number of halogens is 2. The minimum atomic E-state index is 0.778. The van der Waals surface area contributed by atoms with Gasteiger partial charge in [0.15, 0.2) is 0 Å². The number of methoxy groups -OCH3 is 1. The van der Waals surface area contributed by atoms with Crippen molar-refractivity contribution < 1.29 is 4.74 Å². The first-order chi connectivity index (χ1) is 7.58. The van der Waals surface area contributed by atoms with E-state index in [1.54, 1.807) is 7.11 Å². The highest BCUT2D eigenvalue weighted by atomic mass is 79.9. The SMILES string of the molecule is C=C(CC)CNc1cc(OC)c(Br)cc1Br. The summed E-state index contributed by atoms with van der Waals surface area (Å²) >= 11 is 6.94. The van der Waals surface area contributed by atoms with Crippen LogP contribution in [-0.2, 0) is 0 Å². The van der Waals surface area contributed by atoms with Crippen molar-refractivity contribution in [3.63, 3.8) is 0 Å². The average Bonchev–Trinajstić information content (AvgIpc) is 2.27. The van der Waals surface area contributed by atoms with Gasteiger partial charge in [-0.25, -0.2) is 0 Å². The van der Waals surface area contributed by atoms with E-state index in [1.165, 1.54) is 5.57 Å². The molecular weight excluding hydrogens is 334 g/mol. The summed E-state index contributed by atoms with van der Waals surface area (Å²) in [5.74, 6) is 0.813. The van der Waals surface area contributed by atoms with E-state index in [9.17, 15) is 0 Å². The Balaban J connectivity index is 2.83. The van der Waals surface area contributed by atoms with Crippen molar-refractivity contribution >= 4 is 37.5 Å². The third-order valence-corrected chi connectivity index (χ3v) is 3.55. The average molecular weight is 349 g/mol. The molecule has 0 atom stereocenters. The summed E-state index contributed by atoms with van der Waals surface area (Å²) < 4.78 is 7.18. The minimum absolute atomic E-state index is 0.778. The Morgan fingerprint density at radius 2 is 2.06 bits per heavy atom. The molecule has 88 valence electrons. The Hall–Kier alpha value is -0.480. The molecule has 0 saturated heterocycles. The number of hydrogen-bond acceptors (Lipinski definition) is 2. The Kier molecular flexibility index (Phi) is 5.35. The zero-order chi connectivity index (χ0) is 12.1. The van der Waals surface area contributed by atoms with Gasteiger partial charge in [0.05, 0.1) is 17.3 Å². The van der Waals surface area contributed by atoms with Crippen LogP contribution in [-0.4, -0.2) is 13.7 Å². The van der Waals surface area contributed by atoms with Gasteiger partial charge >= 0.3 is 0 Å². The maximum absolute atomic E-state index is 5.24. The lowest BCUT2D eigenvalue weighted by Gasteiger charge is -2.12. The van der Waals surface area contributed by atoms with E-state index in [0.717, 1.165) is 33.3 Å². The van der Waals surface area contributed by atoms with Gasteiger partial charge in [-0.2, -0.15) is 0 Å². The maximum Gasteiger partial charge on any atom is 0.135 e. The molecule has 1 aromatic rings. The first kappa shape index (κ1) is 13.6. The number of benzene rings is 1. The summed E-state index contributed by atoms with van der Waals surface area (Å²) in [4.78, 5) is 0. The van der Waals surface area contributed by atoms with E-state index in [1.807, 2.05) is 12.1 Å². The van der Waals surface area contributed by atoms with Crippen LogP contribution in [0, 0.1) is 0 Å². The van der Waals surface area contributed by atoms with Crippen LogP contribution in [0.4, 0.5) is 5.69 Å². The molecule has 16 heavy (non-hydrogen) atoms. The smallest absolute Gasteiger partial charge is 0.135 e. The number of anilines is 1. The van der Waals surface area contributed by atoms with E-state index in [0.29, 0.717) is 0 Å². The van der Waals surface area contributed by atoms with Crippen LogP contribution in [0.15, 0.2) is 33.2 Å². The van der Waals surface area contributed by atoms with E-state index in [2.05, 4.69) is 50.7 Å². The molecule has 0 radical (unpaired) electrons. The summed E-state index contributed by atoms with van der Waals surface area (Å²) in [5, 5.41) is 3.32. The van der Waals surface area contributed by atoms with Crippen molar-refractivity contribution in [2.75, 3.05) is 19.0 Å². The maximum atomic E-state index is 5.24. The lowest BCUT2D eigenvalue weighted by molar-refractivity contribution is 0.412. The minimum Gasteiger partial charge on any atom is -0.495 e. The second-order valence-corrected chi connectivity index (χ2v) is 5.13. The molecule has 0 aliphatic rings. The Bertz CT molecular complexity index is 391. The second kappa shape index (κ2) is 6.30. The molecule has 0 aromatic heterocycles. The topological polar surface area (TPSA) is 21.3 Å². The molecule has 0 aliphatic heterocycles. The second-order valence-electron chi connectivity index (χ2n) is 3.42. The van der Waals surface area contributed by atoms with Gasteiger partial charge in [-0.1, -0.05) is 19.1 Å². The molecule has 0 heterocycles. The molecule has 1 N–H and O–H groups in total. The van der Waals surface area contributed by atoms with E-state index in [4.69, 9.17) is 4.74 Å². The highest BCUT2D eigenvalue weighted by Crippen LogP contribution is 2.34. The zero-order valence-electron chi connectivity index (χ0n) is 9.44. The van der Waals surface area contributed by atoms with Crippen LogP contribution >= 0.6 is 31.9 Å². The summed E-state index contributed by atoms with van der Waals surface area (Å²) in [6, 6.07) is 3.92. The molecule has 0 spiro atoms. The lowest BCUT2D eigenvalue weighted by atomic mass is 10.2. The van der Waals surface area contributed by atoms with Gasteiger partial charge < -0.3 is 10.1 Å². The predicted octanol–water partition coefficient (Wildman–Crippen LogP) is 4.60. The van der Waals surface area contributed by atoms with Crippen LogP contribution in [0.25, 0.3) is 0 Å². The quantitative estimate of drug-likeness (QED) is 0.785. The number of rotatable bonds is 5. The van der Waals surface area contributed by atoms with E-state index in [-0.39, 0.29) is 0 Å². The number of nitrogens with one attached hydrogen (secondary N) is 1. The highest BCUT2D eigenvalue weighted by Gasteiger charge is 2.06. The van der Waals surface area contributed by atoms with Gasteiger partial charge in [-0.3, -0.25) is 0 Å². The van der Waals surface area contributed by atoms with Crippen molar-refractivity contribution in [3.05, 3.63) is 33.2 Å². The van der Waals surface area contributed by atoms with Crippen LogP contribution < -0.4 is 10.1 Å². The number of ether oxygens (including phenoxy) is 1. The van der Waals surface area contributed by atoms with Crippen molar-refractivity contribution in [2.45, 2.75) is 13.3 Å². The fourth-order valence-electron chi connectivity index (χ4n) is 1.17. The summed E-state index contributed by atoms with van der Waals surface area (Å²) in [6.07, 6.45) is 0.984. The normalized spacial score (nSPS) is 10.0. The largest absolute Gasteiger partial charge is 0.495 e. The summed E-state index contributed by atoms with van der Waals surface area (Å²) in [6.45, 7) is 6.84. The van der Waals surface area contributed by atoms with Gasteiger partial charge in [-0.15, -0.1) is 0 Å². The molecule has 1 aromatic carbocycles. The van der Waals surface area contributed by atoms with Crippen molar-refractivity contribution in [1.29, 1.82) is 0 Å². The first-order valence-corrected chi connectivity index (χ1v) is 6.60. The fraction of sp³-hybridized carbons (Fsp3) is 0.333. The van der Waals surface area contributed by atoms with Crippen molar-refractivity contribution in [3.8, 4) is 5.75 Å². The van der Waals surface area contributed by atoms with Gasteiger partial charge in [0.1, 0.15) is 5.75 Å². The molecule has 0 unspecified atom stereocenters. The van der Waals surface area contributed by atoms with Crippen molar-refractivity contribution in [2.24, 2.45) is 0 Å². The molecular formula is C12H15Br2NO. The van der Waals surface area contributed by atoms with Crippen LogP contribution in [0.1, 0.15) is 13.3 Å². The molecule has 0 bridgehead atoms. The number of hydrogen-bond donors (Lipinski definition) is 1. The van der Waals surface area contributed by atoms with E-state index >= 15 is 0 Å². The van der Waals surface area contributed by atoms with Crippen LogP contribution in [0.2, 0.25) is 0 Å². The lowest BCUT2D eigenvalue weighted by Crippen LogP contribution is -2.04. The van der Waals surface area contributed by atoms with Crippen molar-refractivity contribution in [1.82, 2.24) is 0 Å². The first-order valence-electron chi connectivity index (χ1n) is 5.02. The van der Waals surface area contributed by atoms with Gasteiger partial charge in [-0.05, 0) is 44.3 Å². The molecule has 0 fully saturated rings. The molecule has 0 amide bonds. The standard InChI is InChI=1S/C12H15Br2NO/c1-4-8(2)7-15-11-6-12(16-3)10(14)5-9(11)13/h5-6,15H,2,4,7H2,1,3H3. The third kappa shape index (κ3) is 3.52. The van der Waals surface area contributed by atoms with Gasteiger partial charge in [0.25, 0.3) is 0 Å². The van der Waals surface area contributed by atoms with E-state index < -0.39 is 0 Å². The van der Waals surface area contributed by atoms with Gasteiger partial charge in [0, 0.05) is 17.1 Å². The fourth-order valence-corrected chi connectivity index (χ4v) is 2.46. The Labute approximate surface area is 113 Å². The molecule has 0 saturated carbocycles. The van der Waals surface area contributed by atoms with Gasteiger partial charge in [0.2, 0.25) is 0 Å². The molecule has 4 heteroatoms. The molecule has 0 aliphatic carbocycles. The van der Waals surface area contributed by atoms with Crippen LogP contribution in [0.3, 0.4) is 0 Å². The summed E-state index contributed by atoms with van der Waals surface area (Å²) in [7, 11) is 1.66. The monoisotopic (exact) mass is 347 g/mol. The third-order valence-electron chi connectivity index (χ3n) is 2.27.